The van der Waals surface area contributed by atoms with Gasteiger partial charge in [-0.05, 0) is 50.3 Å². The van der Waals surface area contributed by atoms with Crippen molar-refractivity contribution in [2.24, 2.45) is 5.92 Å². The Labute approximate surface area is 182 Å². The molecule has 0 bridgehead atoms. The third kappa shape index (κ3) is 4.21. The molecule has 0 saturated carbocycles. The quantitative estimate of drug-likeness (QED) is 0.812. The van der Waals surface area contributed by atoms with Crippen LogP contribution in [0, 0.1) is 19.8 Å². The summed E-state index contributed by atoms with van der Waals surface area (Å²) in [5, 5.41) is 4.18. The number of benzene rings is 1. The average Bonchev–Trinajstić information content (AvgIpc) is 3.20. The number of carbonyl (C=O) groups excluding carboxylic acids is 2. The minimum Gasteiger partial charge on any atom is -0.345 e. The van der Waals surface area contributed by atoms with E-state index >= 15 is 0 Å². The van der Waals surface area contributed by atoms with E-state index in [2.05, 4.69) is 23.2 Å². The number of amides is 2. The van der Waals surface area contributed by atoms with Crippen LogP contribution in [0.5, 0.6) is 0 Å². The maximum atomic E-state index is 12.9. The van der Waals surface area contributed by atoms with Gasteiger partial charge in [-0.25, -0.2) is 4.98 Å². The molecule has 4 rings (SSSR count). The largest absolute Gasteiger partial charge is 0.345 e. The van der Waals surface area contributed by atoms with E-state index in [4.69, 9.17) is 4.98 Å². The van der Waals surface area contributed by atoms with Gasteiger partial charge in [-0.15, -0.1) is 11.3 Å². The van der Waals surface area contributed by atoms with E-state index in [1.807, 2.05) is 30.9 Å². The summed E-state index contributed by atoms with van der Waals surface area (Å²) in [7, 11) is 0. The molecule has 2 aliphatic rings. The van der Waals surface area contributed by atoms with Gasteiger partial charge in [0, 0.05) is 49.1 Å². The van der Waals surface area contributed by atoms with Crippen LogP contribution in [0.15, 0.2) is 18.2 Å². The van der Waals surface area contributed by atoms with Crippen molar-refractivity contribution in [1.29, 1.82) is 0 Å². The second-order valence-corrected chi connectivity index (χ2v) is 9.33. The highest BCUT2D eigenvalue weighted by Crippen LogP contribution is 2.35. The average molecular weight is 427 g/mol. The zero-order valence-corrected chi connectivity index (χ0v) is 18.8. The number of piperazine rings is 1. The lowest BCUT2D eigenvalue weighted by Gasteiger charge is -2.34. The van der Waals surface area contributed by atoms with Gasteiger partial charge in [-0.2, -0.15) is 0 Å². The van der Waals surface area contributed by atoms with E-state index in [9.17, 15) is 9.59 Å². The van der Waals surface area contributed by atoms with Crippen LogP contribution in [0.25, 0.3) is 0 Å². The van der Waals surface area contributed by atoms with E-state index in [1.54, 1.807) is 11.3 Å². The number of aryl methyl sites for hydroxylation is 2. The molecule has 0 radical (unpaired) electrons. The lowest BCUT2D eigenvalue weighted by atomic mass is 9.90. The molecule has 1 N–H and O–H groups in total. The number of carbonyl (C=O) groups is 2. The summed E-state index contributed by atoms with van der Waals surface area (Å²) in [5.74, 6) is 0.325. The highest BCUT2D eigenvalue weighted by molar-refractivity contribution is 7.15. The number of thiazole rings is 1. The fourth-order valence-corrected chi connectivity index (χ4v) is 5.45. The number of hydrogen-bond donors (Lipinski definition) is 1. The molecule has 2 aromatic rings. The normalized spacial score (nSPS) is 18.8. The Morgan fingerprint density at radius 2 is 1.97 bits per heavy atom. The number of nitrogens with zero attached hydrogens (tertiary/aromatic N) is 3. The van der Waals surface area contributed by atoms with Crippen molar-refractivity contribution in [2.75, 3.05) is 36.4 Å². The molecule has 1 atom stereocenters. The lowest BCUT2D eigenvalue weighted by molar-refractivity contribution is -0.131. The van der Waals surface area contributed by atoms with E-state index in [-0.39, 0.29) is 17.7 Å². The molecule has 1 aliphatic heterocycles. The summed E-state index contributed by atoms with van der Waals surface area (Å²) in [6, 6.07) is 6.02. The minimum absolute atomic E-state index is 0.00950. The summed E-state index contributed by atoms with van der Waals surface area (Å²) in [6.45, 7) is 9.21. The molecule has 1 aromatic carbocycles. The van der Waals surface area contributed by atoms with Gasteiger partial charge in [-0.3, -0.25) is 9.59 Å². The number of nitrogens with one attached hydrogen (secondary N) is 1. The molecule has 1 fully saturated rings. The van der Waals surface area contributed by atoms with E-state index in [0.717, 1.165) is 67.5 Å². The predicted octanol–water partition coefficient (Wildman–Crippen LogP) is 3.56. The second kappa shape index (κ2) is 8.76. The van der Waals surface area contributed by atoms with Gasteiger partial charge in [0.2, 0.25) is 11.8 Å². The Morgan fingerprint density at radius 1 is 1.20 bits per heavy atom. The Morgan fingerprint density at radius 3 is 2.70 bits per heavy atom. The van der Waals surface area contributed by atoms with Gasteiger partial charge in [0.25, 0.3) is 0 Å². The van der Waals surface area contributed by atoms with Crippen molar-refractivity contribution in [1.82, 2.24) is 9.88 Å². The summed E-state index contributed by atoms with van der Waals surface area (Å²) in [4.78, 5) is 35.1. The summed E-state index contributed by atoms with van der Waals surface area (Å²) < 4.78 is 0. The van der Waals surface area contributed by atoms with Crippen LogP contribution >= 0.6 is 11.3 Å². The van der Waals surface area contributed by atoms with Gasteiger partial charge in [-0.1, -0.05) is 19.1 Å². The third-order valence-electron chi connectivity index (χ3n) is 6.37. The maximum absolute atomic E-state index is 12.9. The van der Waals surface area contributed by atoms with Gasteiger partial charge in [0.1, 0.15) is 0 Å². The van der Waals surface area contributed by atoms with Crippen molar-refractivity contribution < 1.29 is 9.59 Å². The fraction of sp³-hybridized carbons (Fsp3) is 0.522. The Balaban J connectivity index is 1.39. The van der Waals surface area contributed by atoms with Crippen LogP contribution in [0.4, 0.5) is 10.8 Å². The highest BCUT2D eigenvalue weighted by Gasteiger charge is 2.30. The molecule has 6 nitrogen and oxygen atoms in total. The summed E-state index contributed by atoms with van der Waals surface area (Å²) in [6.07, 6.45) is 3.02. The van der Waals surface area contributed by atoms with Crippen molar-refractivity contribution in [3.05, 3.63) is 39.9 Å². The zero-order chi connectivity index (χ0) is 21.3. The molecule has 1 aromatic heterocycles. The van der Waals surface area contributed by atoms with E-state index in [0.29, 0.717) is 6.42 Å². The van der Waals surface area contributed by atoms with Crippen molar-refractivity contribution in [2.45, 2.75) is 46.5 Å². The van der Waals surface area contributed by atoms with Crippen molar-refractivity contribution in [3.8, 4) is 0 Å². The maximum Gasteiger partial charge on any atom is 0.227 e. The second-order valence-electron chi connectivity index (χ2n) is 8.26. The lowest BCUT2D eigenvalue weighted by Crippen LogP contribution is -2.48. The van der Waals surface area contributed by atoms with Gasteiger partial charge < -0.3 is 15.1 Å². The van der Waals surface area contributed by atoms with Crippen LogP contribution in [0.1, 0.15) is 41.5 Å². The molecule has 2 heterocycles. The van der Waals surface area contributed by atoms with Crippen LogP contribution < -0.4 is 10.2 Å². The van der Waals surface area contributed by atoms with E-state index < -0.39 is 0 Å². The molecule has 7 heteroatoms. The minimum atomic E-state index is -0.00950. The fourth-order valence-electron chi connectivity index (χ4n) is 4.21. The first-order chi connectivity index (χ1) is 14.5. The van der Waals surface area contributed by atoms with Crippen molar-refractivity contribution >= 4 is 34.0 Å². The SMILES string of the molecule is CCC(=O)N1CCN(c2nc3c(s2)C[C@H](C(=O)Nc2cccc(C)c2C)CC3)CC1. The number of rotatable bonds is 4. The Hall–Kier alpha value is -2.41. The molecule has 0 spiro atoms. The molecular formula is C23H30N4O2S. The van der Waals surface area contributed by atoms with Gasteiger partial charge in [0.05, 0.1) is 5.69 Å². The molecule has 2 amide bonds. The Bertz CT molecular complexity index is 947. The number of anilines is 2. The zero-order valence-electron chi connectivity index (χ0n) is 18.0. The van der Waals surface area contributed by atoms with Crippen molar-refractivity contribution in [3.63, 3.8) is 0 Å². The monoisotopic (exact) mass is 426 g/mol. The smallest absolute Gasteiger partial charge is 0.227 e. The first-order valence-corrected chi connectivity index (χ1v) is 11.7. The third-order valence-corrected chi connectivity index (χ3v) is 7.55. The van der Waals surface area contributed by atoms with Gasteiger partial charge >= 0.3 is 0 Å². The molecule has 0 unspecified atom stereocenters. The van der Waals surface area contributed by atoms with Gasteiger partial charge in [0.15, 0.2) is 5.13 Å². The standard InChI is InChI=1S/C23H30N4O2S/c1-4-21(28)26-10-12-27(13-11-26)23-25-19-9-8-17(14-20(19)30-23)22(29)24-18-7-5-6-15(2)16(18)3/h5-7,17H,4,8-14H2,1-3H3,(H,24,29)/t17-/m1/s1. The first-order valence-electron chi connectivity index (χ1n) is 10.8. The van der Waals surface area contributed by atoms with E-state index in [1.165, 1.54) is 10.4 Å². The topological polar surface area (TPSA) is 65.5 Å². The highest BCUT2D eigenvalue weighted by atomic mass is 32.1. The number of fused-ring (bicyclic) bond motifs is 1. The first kappa shape index (κ1) is 20.8. The summed E-state index contributed by atoms with van der Waals surface area (Å²) >= 11 is 1.72. The molecule has 1 aliphatic carbocycles. The number of hydrogen-bond acceptors (Lipinski definition) is 5. The molecular weight excluding hydrogens is 396 g/mol. The predicted molar refractivity (Wildman–Crippen MR) is 121 cm³/mol. The summed E-state index contributed by atoms with van der Waals surface area (Å²) in [5.41, 5.74) is 4.38. The van der Waals surface area contributed by atoms with Crippen LogP contribution in [0.3, 0.4) is 0 Å². The van der Waals surface area contributed by atoms with Crippen LogP contribution in [-0.4, -0.2) is 47.9 Å². The molecule has 30 heavy (non-hydrogen) atoms. The molecule has 1 saturated heterocycles. The number of aromatic nitrogens is 1. The Kier molecular flexibility index (Phi) is 6.09. The molecule has 160 valence electrons. The van der Waals surface area contributed by atoms with Crippen LogP contribution in [0.2, 0.25) is 0 Å². The van der Waals surface area contributed by atoms with Crippen LogP contribution in [-0.2, 0) is 22.4 Å².